The molecule has 2 fully saturated rings. The lowest BCUT2D eigenvalue weighted by atomic mass is 9.94. The molecule has 5 heteroatoms. The number of hydrogen-bond acceptors (Lipinski definition) is 5. The number of ether oxygens (including phenoxy) is 1. The summed E-state index contributed by atoms with van der Waals surface area (Å²) in [5, 5.41) is 10.6. The predicted molar refractivity (Wildman–Crippen MR) is 75.6 cm³/mol. The minimum absolute atomic E-state index is 0.401. The van der Waals surface area contributed by atoms with Gasteiger partial charge >= 0.3 is 0 Å². The molecule has 0 saturated carbocycles. The zero-order valence-corrected chi connectivity index (χ0v) is 12.1. The molecular weight excluding hydrogens is 254 g/mol. The van der Waals surface area contributed by atoms with Crippen LogP contribution in [-0.4, -0.2) is 58.4 Å². The summed E-state index contributed by atoms with van der Waals surface area (Å²) in [4.78, 5) is 11.3. The number of aliphatic hydroxyl groups is 1. The molecule has 0 radical (unpaired) electrons. The van der Waals surface area contributed by atoms with Crippen molar-refractivity contribution >= 4 is 0 Å². The van der Waals surface area contributed by atoms with Gasteiger partial charge in [-0.25, -0.2) is 9.97 Å². The highest BCUT2D eigenvalue weighted by atomic mass is 16.5. The minimum atomic E-state index is -0.569. The lowest BCUT2D eigenvalue weighted by Crippen LogP contribution is -2.46. The Morgan fingerprint density at radius 2 is 2.25 bits per heavy atom. The molecule has 0 aromatic carbocycles. The highest BCUT2D eigenvalue weighted by molar-refractivity contribution is 5.06. The molecule has 0 bridgehead atoms. The highest BCUT2D eigenvalue weighted by Crippen LogP contribution is 2.28. The van der Waals surface area contributed by atoms with Crippen molar-refractivity contribution in [3.8, 4) is 0 Å². The molecule has 3 rings (SSSR count). The third kappa shape index (κ3) is 3.16. The number of aryl methyl sites for hydroxylation is 1. The number of aromatic nitrogens is 2. The lowest BCUT2D eigenvalue weighted by Gasteiger charge is -2.35. The second kappa shape index (κ2) is 5.76. The maximum atomic E-state index is 10.6. The van der Waals surface area contributed by atoms with Crippen molar-refractivity contribution in [2.75, 3.05) is 32.8 Å². The molecular formula is C15H23N3O2. The Labute approximate surface area is 120 Å². The molecule has 20 heavy (non-hydrogen) atoms. The number of likely N-dealkylation sites (tertiary alicyclic amines) is 1. The first-order chi connectivity index (χ1) is 9.65. The van der Waals surface area contributed by atoms with E-state index in [9.17, 15) is 5.11 Å². The molecule has 3 heterocycles. The quantitative estimate of drug-likeness (QED) is 0.897. The average Bonchev–Trinajstić information content (AvgIpc) is 2.87. The third-order valence-corrected chi connectivity index (χ3v) is 4.39. The van der Waals surface area contributed by atoms with Gasteiger partial charge in [-0.2, -0.15) is 0 Å². The monoisotopic (exact) mass is 277 g/mol. The molecule has 0 aliphatic carbocycles. The van der Waals surface area contributed by atoms with E-state index in [2.05, 4.69) is 14.9 Å². The van der Waals surface area contributed by atoms with Crippen LogP contribution in [0.2, 0.25) is 0 Å². The topological polar surface area (TPSA) is 58.5 Å². The van der Waals surface area contributed by atoms with E-state index < -0.39 is 5.60 Å². The van der Waals surface area contributed by atoms with Crippen molar-refractivity contribution in [3.05, 3.63) is 23.8 Å². The van der Waals surface area contributed by atoms with Crippen molar-refractivity contribution in [3.63, 3.8) is 0 Å². The van der Waals surface area contributed by atoms with Crippen LogP contribution in [-0.2, 0) is 4.74 Å². The normalized spacial score (nSPS) is 26.8. The molecule has 0 spiro atoms. The summed E-state index contributed by atoms with van der Waals surface area (Å²) in [6, 6.07) is 1.93. The van der Waals surface area contributed by atoms with Crippen molar-refractivity contribution < 1.29 is 9.84 Å². The number of rotatable bonds is 3. The first kappa shape index (κ1) is 13.9. The molecule has 110 valence electrons. The van der Waals surface area contributed by atoms with E-state index in [1.807, 2.05) is 19.2 Å². The Bertz CT molecular complexity index is 460. The van der Waals surface area contributed by atoms with Crippen LogP contribution in [0.5, 0.6) is 0 Å². The Hall–Kier alpha value is -1.04. The Balaban J connectivity index is 1.59. The van der Waals surface area contributed by atoms with Crippen LogP contribution in [0.1, 0.15) is 36.7 Å². The Kier molecular flexibility index (Phi) is 4.01. The van der Waals surface area contributed by atoms with Gasteiger partial charge in [0, 0.05) is 57.0 Å². The van der Waals surface area contributed by atoms with E-state index in [4.69, 9.17) is 4.74 Å². The van der Waals surface area contributed by atoms with Crippen LogP contribution < -0.4 is 0 Å². The average molecular weight is 277 g/mol. The van der Waals surface area contributed by atoms with Crippen LogP contribution in [0.3, 0.4) is 0 Å². The fraction of sp³-hybridized carbons (Fsp3) is 0.733. The van der Waals surface area contributed by atoms with Gasteiger partial charge in [0.05, 0.1) is 5.60 Å². The number of β-amino-alcohol motifs (C(OH)–C–C–N with tert-alkyl or cyclic N) is 1. The van der Waals surface area contributed by atoms with Gasteiger partial charge in [0.25, 0.3) is 0 Å². The summed E-state index contributed by atoms with van der Waals surface area (Å²) in [5.74, 6) is 1.35. The van der Waals surface area contributed by atoms with E-state index in [-0.39, 0.29) is 0 Å². The molecule has 1 N–H and O–H groups in total. The van der Waals surface area contributed by atoms with E-state index >= 15 is 0 Å². The smallest absolute Gasteiger partial charge is 0.132 e. The second-order valence-electron chi connectivity index (χ2n) is 6.11. The largest absolute Gasteiger partial charge is 0.388 e. The third-order valence-electron chi connectivity index (χ3n) is 4.39. The molecule has 5 nitrogen and oxygen atoms in total. The molecule has 1 aromatic heterocycles. The van der Waals surface area contributed by atoms with Gasteiger partial charge in [-0.1, -0.05) is 0 Å². The molecule has 1 atom stereocenters. The molecule has 2 aliphatic heterocycles. The zero-order chi connectivity index (χ0) is 14.0. The summed E-state index contributed by atoms with van der Waals surface area (Å²) in [6.07, 6.45) is 4.41. The summed E-state index contributed by atoms with van der Waals surface area (Å²) >= 11 is 0. The second-order valence-corrected chi connectivity index (χ2v) is 6.11. The maximum Gasteiger partial charge on any atom is 0.132 e. The fourth-order valence-electron chi connectivity index (χ4n) is 3.18. The summed E-state index contributed by atoms with van der Waals surface area (Å²) in [5.41, 5.74) is 0.456. The van der Waals surface area contributed by atoms with Crippen LogP contribution in [0.25, 0.3) is 0 Å². The first-order valence-corrected chi connectivity index (χ1v) is 7.47. The predicted octanol–water partition coefficient (Wildman–Crippen LogP) is 1.12. The first-order valence-electron chi connectivity index (χ1n) is 7.47. The zero-order valence-electron chi connectivity index (χ0n) is 12.1. The molecule has 0 amide bonds. The van der Waals surface area contributed by atoms with E-state index in [1.165, 1.54) is 0 Å². The van der Waals surface area contributed by atoms with Gasteiger partial charge in [0.1, 0.15) is 5.82 Å². The van der Waals surface area contributed by atoms with Crippen molar-refractivity contribution in [1.29, 1.82) is 0 Å². The van der Waals surface area contributed by atoms with Gasteiger partial charge < -0.3 is 9.84 Å². The highest BCUT2D eigenvalue weighted by Gasteiger charge is 2.35. The van der Waals surface area contributed by atoms with Crippen LogP contribution in [0.15, 0.2) is 12.3 Å². The van der Waals surface area contributed by atoms with Crippen LogP contribution in [0, 0.1) is 6.92 Å². The Morgan fingerprint density at radius 1 is 1.45 bits per heavy atom. The van der Waals surface area contributed by atoms with Crippen LogP contribution >= 0.6 is 0 Å². The van der Waals surface area contributed by atoms with Gasteiger partial charge in [-0.3, -0.25) is 4.90 Å². The van der Waals surface area contributed by atoms with Gasteiger partial charge in [0.2, 0.25) is 0 Å². The maximum absolute atomic E-state index is 10.6. The van der Waals surface area contributed by atoms with E-state index in [0.717, 1.165) is 50.4 Å². The number of hydrogen-bond donors (Lipinski definition) is 1. The van der Waals surface area contributed by atoms with Gasteiger partial charge in [0.15, 0.2) is 0 Å². The summed E-state index contributed by atoms with van der Waals surface area (Å²) < 4.78 is 5.33. The molecule has 2 aliphatic rings. The van der Waals surface area contributed by atoms with Gasteiger partial charge in [-0.05, 0) is 26.0 Å². The fourth-order valence-corrected chi connectivity index (χ4v) is 3.18. The molecule has 0 unspecified atom stereocenters. The Morgan fingerprint density at radius 3 is 3.00 bits per heavy atom. The summed E-state index contributed by atoms with van der Waals surface area (Å²) in [6.45, 7) is 6.07. The van der Waals surface area contributed by atoms with E-state index in [0.29, 0.717) is 19.1 Å². The van der Waals surface area contributed by atoms with E-state index in [1.54, 1.807) is 0 Å². The summed E-state index contributed by atoms with van der Waals surface area (Å²) in [7, 11) is 0. The SMILES string of the molecule is Cc1ccnc([C@@H]2CCN(CC3(O)CCOCC3)C2)n1. The van der Waals surface area contributed by atoms with Crippen LogP contribution in [0.4, 0.5) is 0 Å². The molecule has 2 saturated heterocycles. The standard InChI is InChI=1S/C15H23N3O2/c1-12-2-6-16-14(17-12)13-3-7-18(10-13)11-15(19)4-8-20-9-5-15/h2,6,13,19H,3-5,7-11H2,1H3/t13-/m1/s1. The van der Waals surface area contributed by atoms with Crippen molar-refractivity contribution in [2.45, 2.75) is 37.7 Å². The lowest BCUT2D eigenvalue weighted by molar-refractivity contribution is -0.0773. The van der Waals surface area contributed by atoms with Gasteiger partial charge in [-0.15, -0.1) is 0 Å². The number of nitrogens with zero attached hydrogens (tertiary/aromatic N) is 3. The van der Waals surface area contributed by atoms with Crippen molar-refractivity contribution in [1.82, 2.24) is 14.9 Å². The molecule has 1 aromatic rings. The van der Waals surface area contributed by atoms with Crippen molar-refractivity contribution in [2.24, 2.45) is 0 Å². The minimum Gasteiger partial charge on any atom is -0.388 e.